The van der Waals surface area contributed by atoms with Gasteiger partial charge in [0.2, 0.25) is 0 Å². The van der Waals surface area contributed by atoms with Crippen LogP contribution in [0, 0.1) is 34.0 Å². The normalized spacial score (nSPS) is 58.8. The van der Waals surface area contributed by atoms with Crippen LogP contribution < -0.4 is 0 Å². The highest BCUT2D eigenvalue weighted by molar-refractivity contribution is 6.05. The SMILES string of the molecule is C=C1C(=O)[C@]23[C@H](O)[C@H]1CC[C@H]2[C@@]12CO[C@@]3(O)C[C@@H]1C(C)(C)CC[C@@H]2O. The van der Waals surface area contributed by atoms with Crippen LogP contribution in [0.5, 0.6) is 0 Å². The Morgan fingerprint density at radius 1 is 1.16 bits per heavy atom. The highest BCUT2D eigenvalue weighted by Crippen LogP contribution is 2.76. The number of aliphatic hydroxyl groups excluding tert-OH is 2. The van der Waals surface area contributed by atoms with Gasteiger partial charge in [-0.3, -0.25) is 4.79 Å². The van der Waals surface area contributed by atoms with Crippen LogP contribution in [0.1, 0.15) is 46.0 Å². The van der Waals surface area contributed by atoms with E-state index in [4.69, 9.17) is 4.74 Å². The second kappa shape index (κ2) is 4.38. The zero-order valence-electron chi connectivity index (χ0n) is 15.0. The molecule has 0 radical (unpaired) electrons. The Bertz CT molecular complexity index is 686. The van der Waals surface area contributed by atoms with Gasteiger partial charge in [-0.2, -0.15) is 0 Å². The maximum atomic E-state index is 13.3. The summed E-state index contributed by atoms with van der Waals surface area (Å²) in [5, 5.41) is 33.8. The lowest BCUT2D eigenvalue weighted by molar-refractivity contribution is -0.426. The quantitative estimate of drug-likeness (QED) is 0.576. The van der Waals surface area contributed by atoms with E-state index in [1.165, 1.54) is 0 Å². The molecule has 6 fully saturated rings. The molecule has 6 rings (SSSR count). The molecule has 4 bridgehead atoms. The number of fused-ring (bicyclic) bond motifs is 2. The zero-order valence-corrected chi connectivity index (χ0v) is 15.0. The van der Waals surface area contributed by atoms with Crippen molar-refractivity contribution >= 4 is 5.78 Å². The van der Waals surface area contributed by atoms with Crippen LogP contribution in [-0.4, -0.2) is 45.7 Å². The number of Topliss-reactive ketones (excluding diaryl/α,β-unsaturated/α-hetero) is 1. The first-order valence-electron chi connectivity index (χ1n) is 9.59. The number of ether oxygens (including phenoxy) is 1. The largest absolute Gasteiger partial charge is 0.392 e. The molecule has 138 valence electrons. The lowest BCUT2D eigenvalue weighted by Crippen LogP contribution is -2.80. The highest BCUT2D eigenvalue weighted by Gasteiger charge is 2.83. The van der Waals surface area contributed by atoms with Gasteiger partial charge < -0.3 is 20.1 Å². The molecule has 8 atom stereocenters. The third-order valence-corrected chi connectivity index (χ3v) is 8.89. The van der Waals surface area contributed by atoms with Crippen molar-refractivity contribution in [3.63, 3.8) is 0 Å². The van der Waals surface area contributed by atoms with Crippen molar-refractivity contribution in [3.8, 4) is 0 Å². The van der Waals surface area contributed by atoms with Crippen LogP contribution in [0.25, 0.3) is 0 Å². The summed E-state index contributed by atoms with van der Waals surface area (Å²) in [6.07, 6.45) is 1.75. The molecule has 0 aromatic rings. The molecule has 6 aliphatic rings. The summed E-state index contributed by atoms with van der Waals surface area (Å²) < 4.78 is 5.94. The molecule has 0 aromatic carbocycles. The van der Waals surface area contributed by atoms with E-state index >= 15 is 0 Å². The van der Waals surface area contributed by atoms with Gasteiger partial charge in [-0.15, -0.1) is 0 Å². The summed E-state index contributed by atoms with van der Waals surface area (Å²) in [6, 6.07) is 0. The Morgan fingerprint density at radius 3 is 2.60 bits per heavy atom. The van der Waals surface area contributed by atoms with Crippen molar-refractivity contribution in [1.29, 1.82) is 0 Å². The number of carbonyl (C=O) groups excluding carboxylic acids is 1. The van der Waals surface area contributed by atoms with Crippen LogP contribution in [0.3, 0.4) is 0 Å². The predicted molar refractivity (Wildman–Crippen MR) is 89.3 cm³/mol. The van der Waals surface area contributed by atoms with E-state index in [1.54, 1.807) is 0 Å². The summed E-state index contributed by atoms with van der Waals surface area (Å²) >= 11 is 0. The molecular formula is C20H28O5. The van der Waals surface area contributed by atoms with Crippen molar-refractivity contribution in [2.24, 2.45) is 34.0 Å². The maximum absolute atomic E-state index is 13.3. The van der Waals surface area contributed by atoms with E-state index in [2.05, 4.69) is 20.4 Å². The van der Waals surface area contributed by atoms with Crippen molar-refractivity contribution in [3.05, 3.63) is 12.2 Å². The van der Waals surface area contributed by atoms with Gasteiger partial charge in [0.25, 0.3) is 0 Å². The second-order valence-corrected chi connectivity index (χ2v) is 9.89. The topological polar surface area (TPSA) is 87.0 Å². The Balaban J connectivity index is 1.77. The van der Waals surface area contributed by atoms with E-state index in [9.17, 15) is 20.1 Å². The van der Waals surface area contributed by atoms with Crippen LogP contribution in [0.15, 0.2) is 12.2 Å². The molecule has 0 amide bonds. The van der Waals surface area contributed by atoms with Crippen molar-refractivity contribution < 1.29 is 24.9 Å². The second-order valence-electron chi connectivity index (χ2n) is 9.89. The van der Waals surface area contributed by atoms with Gasteiger partial charge in [0.1, 0.15) is 5.41 Å². The number of ketones is 1. The Kier molecular flexibility index (Phi) is 2.88. The lowest BCUT2D eigenvalue weighted by Gasteiger charge is -2.73. The molecule has 5 nitrogen and oxygen atoms in total. The number of rotatable bonds is 0. The molecular weight excluding hydrogens is 320 g/mol. The van der Waals surface area contributed by atoms with Gasteiger partial charge >= 0.3 is 0 Å². The minimum atomic E-state index is -1.66. The molecule has 25 heavy (non-hydrogen) atoms. The van der Waals surface area contributed by atoms with Crippen LogP contribution in [0.2, 0.25) is 0 Å². The van der Waals surface area contributed by atoms with Crippen LogP contribution in [0.4, 0.5) is 0 Å². The highest BCUT2D eigenvalue weighted by atomic mass is 16.6. The van der Waals surface area contributed by atoms with Gasteiger partial charge in [-0.05, 0) is 48.5 Å². The third-order valence-electron chi connectivity index (χ3n) is 8.89. The standard InChI is InChI=1S/C20H28O5/c1-10-11-4-5-12-18-9-25-19(24,20(12,15(10)22)16(11)23)8-13(18)17(2,3)7-6-14(18)21/h11-14,16,21,23-24H,1,4-9H2,2-3H3/t11-,12-,13+,14-,16+,18-,19-,20-/m0/s1. The van der Waals surface area contributed by atoms with Gasteiger partial charge in [-0.1, -0.05) is 20.4 Å². The molecule has 2 aliphatic heterocycles. The first-order valence-corrected chi connectivity index (χ1v) is 9.59. The molecule has 3 N–H and O–H groups in total. The number of hydrogen-bond acceptors (Lipinski definition) is 5. The number of hydrogen-bond donors (Lipinski definition) is 3. The maximum Gasteiger partial charge on any atom is 0.181 e. The van der Waals surface area contributed by atoms with Crippen LogP contribution in [-0.2, 0) is 9.53 Å². The van der Waals surface area contributed by atoms with Crippen molar-refractivity contribution in [2.75, 3.05) is 6.61 Å². The molecule has 0 unspecified atom stereocenters. The van der Waals surface area contributed by atoms with E-state index in [0.29, 0.717) is 24.8 Å². The van der Waals surface area contributed by atoms with Crippen LogP contribution >= 0.6 is 0 Å². The van der Waals surface area contributed by atoms with Gasteiger partial charge in [0, 0.05) is 17.8 Å². The first-order chi connectivity index (χ1) is 11.6. The summed E-state index contributed by atoms with van der Waals surface area (Å²) in [5.41, 5.74) is -1.54. The molecule has 2 saturated heterocycles. The minimum Gasteiger partial charge on any atom is -0.392 e. The lowest BCUT2D eigenvalue weighted by atomic mass is 9.36. The first kappa shape index (κ1) is 16.4. The van der Waals surface area contributed by atoms with Gasteiger partial charge in [0.05, 0.1) is 18.8 Å². The smallest absolute Gasteiger partial charge is 0.181 e. The average molecular weight is 348 g/mol. The average Bonchev–Trinajstić information content (AvgIpc) is 2.68. The molecule has 4 saturated carbocycles. The summed E-state index contributed by atoms with van der Waals surface area (Å²) in [4.78, 5) is 13.3. The molecule has 0 aromatic heterocycles. The predicted octanol–water partition coefficient (Wildman–Crippen LogP) is 1.40. The molecule has 5 heteroatoms. The molecule has 2 heterocycles. The number of aliphatic hydroxyl groups is 3. The molecule has 2 spiro atoms. The fraction of sp³-hybridized carbons (Fsp3) is 0.850. The minimum absolute atomic E-state index is 0.0426. The van der Waals surface area contributed by atoms with Crippen molar-refractivity contribution in [2.45, 2.75) is 63.9 Å². The summed E-state index contributed by atoms with van der Waals surface area (Å²) in [7, 11) is 0. The Labute approximate surface area is 148 Å². The Morgan fingerprint density at radius 2 is 1.88 bits per heavy atom. The van der Waals surface area contributed by atoms with Gasteiger partial charge in [0.15, 0.2) is 11.6 Å². The van der Waals surface area contributed by atoms with E-state index in [0.717, 1.165) is 12.8 Å². The number of carbonyl (C=O) groups is 1. The Hall–Kier alpha value is -0.750. The third kappa shape index (κ3) is 1.44. The monoisotopic (exact) mass is 348 g/mol. The van der Waals surface area contributed by atoms with E-state index < -0.39 is 28.8 Å². The van der Waals surface area contributed by atoms with E-state index in [-0.39, 0.29) is 35.6 Å². The van der Waals surface area contributed by atoms with E-state index in [1.807, 2.05) is 0 Å². The zero-order chi connectivity index (χ0) is 18.0. The fourth-order valence-electron chi connectivity index (χ4n) is 7.74. The molecule has 4 aliphatic carbocycles. The summed E-state index contributed by atoms with van der Waals surface area (Å²) in [6.45, 7) is 8.59. The summed E-state index contributed by atoms with van der Waals surface area (Å²) in [5.74, 6) is -2.37. The van der Waals surface area contributed by atoms with Gasteiger partial charge in [-0.25, -0.2) is 0 Å². The van der Waals surface area contributed by atoms with Crippen molar-refractivity contribution in [1.82, 2.24) is 0 Å². The fourth-order valence-corrected chi connectivity index (χ4v) is 7.74.